The molecule has 2 heterocycles. The van der Waals surface area contributed by atoms with Gasteiger partial charge in [-0.2, -0.15) is 5.10 Å². The van der Waals surface area contributed by atoms with E-state index in [0.717, 1.165) is 5.69 Å². The van der Waals surface area contributed by atoms with Gasteiger partial charge in [-0.15, -0.1) is 0 Å². The molecule has 1 amide bonds. The van der Waals surface area contributed by atoms with E-state index < -0.39 is 0 Å². The SMILES string of the molecule is Cc1c(Cl)cnn1CC(=O)N1CCN(Cc2c(F)cccc2Cl)CC1. The van der Waals surface area contributed by atoms with Crippen molar-refractivity contribution < 1.29 is 9.18 Å². The van der Waals surface area contributed by atoms with E-state index in [2.05, 4.69) is 10.00 Å². The van der Waals surface area contributed by atoms with Crippen LogP contribution in [0.5, 0.6) is 0 Å². The van der Waals surface area contributed by atoms with Crippen LogP contribution in [0.4, 0.5) is 4.39 Å². The predicted molar refractivity (Wildman–Crippen MR) is 95.2 cm³/mol. The molecule has 1 aromatic carbocycles. The number of carbonyl (C=O) groups is 1. The minimum absolute atomic E-state index is 0.00596. The van der Waals surface area contributed by atoms with Crippen molar-refractivity contribution >= 4 is 29.1 Å². The molecule has 134 valence electrons. The summed E-state index contributed by atoms with van der Waals surface area (Å²) in [5.41, 5.74) is 1.29. The smallest absolute Gasteiger partial charge is 0.244 e. The molecular weight excluding hydrogens is 366 g/mol. The number of rotatable bonds is 4. The number of piperazine rings is 1. The first-order valence-corrected chi connectivity index (χ1v) is 8.82. The van der Waals surface area contributed by atoms with Crippen LogP contribution in [0.15, 0.2) is 24.4 Å². The summed E-state index contributed by atoms with van der Waals surface area (Å²) in [4.78, 5) is 16.3. The molecule has 0 unspecified atom stereocenters. The number of nitrogens with zero attached hydrogens (tertiary/aromatic N) is 4. The Morgan fingerprint density at radius 1 is 1.20 bits per heavy atom. The number of amides is 1. The topological polar surface area (TPSA) is 41.4 Å². The molecule has 1 fully saturated rings. The first-order valence-electron chi connectivity index (χ1n) is 8.06. The molecule has 8 heteroatoms. The van der Waals surface area contributed by atoms with Gasteiger partial charge < -0.3 is 4.90 Å². The molecule has 0 aliphatic carbocycles. The van der Waals surface area contributed by atoms with Gasteiger partial charge in [0.15, 0.2) is 0 Å². The second kappa shape index (κ2) is 7.72. The van der Waals surface area contributed by atoms with E-state index in [9.17, 15) is 9.18 Å². The van der Waals surface area contributed by atoms with Gasteiger partial charge in [-0.3, -0.25) is 14.4 Å². The zero-order valence-corrected chi connectivity index (χ0v) is 15.4. The van der Waals surface area contributed by atoms with Gasteiger partial charge >= 0.3 is 0 Å². The predicted octanol–water partition coefficient (Wildman–Crippen LogP) is 2.98. The maximum atomic E-state index is 13.9. The summed E-state index contributed by atoms with van der Waals surface area (Å²) in [5, 5.41) is 5.10. The average molecular weight is 385 g/mol. The highest BCUT2D eigenvalue weighted by Gasteiger charge is 2.23. The number of hydrogen-bond acceptors (Lipinski definition) is 3. The van der Waals surface area contributed by atoms with Crippen molar-refractivity contribution in [1.29, 1.82) is 0 Å². The monoisotopic (exact) mass is 384 g/mol. The fraction of sp³-hybridized carbons (Fsp3) is 0.412. The molecule has 1 aliphatic heterocycles. The van der Waals surface area contributed by atoms with Crippen LogP contribution < -0.4 is 0 Å². The van der Waals surface area contributed by atoms with E-state index in [4.69, 9.17) is 23.2 Å². The molecule has 0 spiro atoms. The molecule has 2 aromatic rings. The van der Waals surface area contributed by atoms with Gasteiger partial charge in [-0.1, -0.05) is 29.3 Å². The lowest BCUT2D eigenvalue weighted by Crippen LogP contribution is -2.49. The molecule has 0 N–H and O–H groups in total. The Kier molecular flexibility index (Phi) is 5.61. The molecule has 0 atom stereocenters. The third kappa shape index (κ3) is 4.14. The van der Waals surface area contributed by atoms with Gasteiger partial charge in [-0.05, 0) is 19.1 Å². The minimum Gasteiger partial charge on any atom is -0.339 e. The number of carbonyl (C=O) groups excluding carboxylic acids is 1. The van der Waals surface area contributed by atoms with E-state index in [1.807, 2.05) is 6.92 Å². The van der Waals surface area contributed by atoms with Crippen LogP contribution in [0, 0.1) is 12.7 Å². The van der Waals surface area contributed by atoms with Crippen molar-refractivity contribution in [2.45, 2.75) is 20.0 Å². The largest absolute Gasteiger partial charge is 0.339 e. The van der Waals surface area contributed by atoms with Crippen molar-refractivity contribution in [3.63, 3.8) is 0 Å². The van der Waals surface area contributed by atoms with E-state index in [-0.39, 0.29) is 18.3 Å². The number of halogens is 3. The van der Waals surface area contributed by atoms with Crippen molar-refractivity contribution in [1.82, 2.24) is 19.6 Å². The van der Waals surface area contributed by atoms with Gasteiger partial charge in [0, 0.05) is 43.3 Å². The van der Waals surface area contributed by atoms with E-state index in [0.29, 0.717) is 48.3 Å². The summed E-state index contributed by atoms with van der Waals surface area (Å²) in [5.74, 6) is -0.288. The maximum absolute atomic E-state index is 13.9. The summed E-state index contributed by atoms with van der Waals surface area (Å²) >= 11 is 12.0. The van der Waals surface area contributed by atoms with E-state index >= 15 is 0 Å². The summed E-state index contributed by atoms with van der Waals surface area (Å²) < 4.78 is 15.5. The summed E-state index contributed by atoms with van der Waals surface area (Å²) in [6.45, 7) is 5.00. The second-order valence-corrected chi connectivity index (χ2v) is 6.91. The molecule has 1 saturated heterocycles. The van der Waals surface area contributed by atoms with Gasteiger partial charge in [0.2, 0.25) is 5.91 Å². The van der Waals surface area contributed by atoms with Gasteiger partial charge in [-0.25, -0.2) is 4.39 Å². The molecule has 0 saturated carbocycles. The zero-order valence-electron chi connectivity index (χ0n) is 13.9. The number of aromatic nitrogens is 2. The first kappa shape index (κ1) is 18.2. The summed E-state index contributed by atoms with van der Waals surface area (Å²) in [7, 11) is 0. The van der Waals surface area contributed by atoms with Crippen molar-refractivity contribution in [3.05, 3.63) is 51.5 Å². The van der Waals surface area contributed by atoms with Gasteiger partial charge in [0.1, 0.15) is 12.4 Å². The van der Waals surface area contributed by atoms with Crippen LogP contribution in [0.1, 0.15) is 11.3 Å². The van der Waals surface area contributed by atoms with Crippen molar-refractivity contribution in [2.24, 2.45) is 0 Å². The number of hydrogen-bond donors (Lipinski definition) is 0. The van der Waals surface area contributed by atoms with Crippen LogP contribution in [-0.2, 0) is 17.9 Å². The first-order chi connectivity index (χ1) is 12.0. The van der Waals surface area contributed by atoms with Gasteiger partial charge in [0.25, 0.3) is 0 Å². The Morgan fingerprint density at radius 2 is 1.92 bits per heavy atom. The molecule has 3 rings (SSSR count). The Morgan fingerprint density at radius 3 is 2.52 bits per heavy atom. The Balaban J connectivity index is 1.55. The van der Waals surface area contributed by atoms with E-state index in [1.54, 1.807) is 27.9 Å². The highest BCUT2D eigenvalue weighted by molar-refractivity contribution is 6.31. The molecule has 0 bridgehead atoms. The van der Waals surface area contributed by atoms with Crippen molar-refractivity contribution in [3.8, 4) is 0 Å². The molecular formula is C17H19Cl2FN4O. The Hall–Kier alpha value is -1.63. The Labute approximate surface area is 155 Å². The van der Waals surface area contributed by atoms with Crippen LogP contribution >= 0.6 is 23.2 Å². The van der Waals surface area contributed by atoms with Crippen LogP contribution in [0.2, 0.25) is 10.0 Å². The lowest BCUT2D eigenvalue weighted by Gasteiger charge is -2.35. The van der Waals surface area contributed by atoms with Crippen molar-refractivity contribution in [2.75, 3.05) is 26.2 Å². The van der Waals surface area contributed by atoms with E-state index in [1.165, 1.54) is 6.07 Å². The fourth-order valence-electron chi connectivity index (χ4n) is 2.87. The lowest BCUT2D eigenvalue weighted by molar-refractivity contribution is -0.133. The summed E-state index contributed by atoms with van der Waals surface area (Å²) in [6, 6.07) is 4.71. The molecule has 0 radical (unpaired) electrons. The van der Waals surface area contributed by atoms with Gasteiger partial charge in [0.05, 0.1) is 16.9 Å². The minimum atomic E-state index is -0.294. The number of benzene rings is 1. The second-order valence-electron chi connectivity index (χ2n) is 6.09. The highest BCUT2D eigenvalue weighted by Crippen LogP contribution is 2.21. The highest BCUT2D eigenvalue weighted by atomic mass is 35.5. The third-order valence-electron chi connectivity index (χ3n) is 4.50. The van der Waals surface area contributed by atoms with Crippen LogP contribution in [0.3, 0.4) is 0 Å². The fourth-order valence-corrected chi connectivity index (χ4v) is 3.24. The third-order valence-corrected chi connectivity index (χ3v) is 5.22. The van der Waals surface area contributed by atoms with Crippen LogP contribution in [-0.4, -0.2) is 51.7 Å². The standard InChI is InChI=1S/C17H19Cl2FN4O/c1-12-15(19)9-21-24(12)11-17(25)23-7-5-22(6-8-23)10-13-14(18)3-2-4-16(13)20/h2-4,9H,5-8,10-11H2,1H3. The molecule has 25 heavy (non-hydrogen) atoms. The average Bonchev–Trinajstić information content (AvgIpc) is 2.91. The lowest BCUT2D eigenvalue weighted by atomic mass is 10.2. The van der Waals surface area contributed by atoms with Crippen LogP contribution in [0.25, 0.3) is 0 Å². The zero-order chi connectivity index (χ0) is 18.0. The normalized spacial score (nSPS) is 15.6. The quantitative estimate of drug-likeness (QED) is 0.813. The Bertz CT molecular complexity index is 752. The molecule has 5 nitrogen and oxygen atoms in total. The summed E-state index contributed by atoms with van der Waals surface area (Å²) in [6.07, 6.45) is 1.54. The molecule has 1 aromatic heterocycles. The molecule has 1 aliphatic rings. The maximum Gasteiger partial charge on any atom is 0.244 e.